The van der Waals surface area contributed by atoms with Crippen molar-refractivity contribution in [2.75, 3.05) is 39.3 Å². The van der Waals surface area contributed by atoms with Gasteiger partial charge in [0.15, 0.2) is 0 Å². The van der Waals surface area contributed by atoms with Gasteiger partial charge in [0.25, 0.3) is 0 Å². The molecular formula is C27H51FeN9O12. The van der Waals surface area contributed by atoms with E-state index in [-0.39, 0.29) is 75.2 Å². The van der Waals surface area contributed by atoms with Gasteiger partial charge in [-0.1, -0.05) is 0 Å². The van der Waals surface area contributed by atoms with E-state index in [0.717, 1.165) is 0 Å². The van der Waals surface area contributed by atoms with E-state index >= 15 is 0 Å². The van der Waals surface area contributed by atoms with Crippen LogP contribution in [0.5, 0.6) is 0 Å². The van der Waals surface area contributed by atoms with E-state index in [1.54, 1.807) is 0 Å². The number of rotatable bonds is 15. The quantitative estimate of drug-likeness (QED) is 0.0425. The number of hydroxylamine groups is 6. The minimum absolute atomic E-state index is 0. The van der Waals surface area contributed by atoms with Crippen LogP contribution in [-0.4, -0.2) is 158 Å². The fourth-order valence-electron chi connectivity index (χ4n) is 4.30. The molecule has 49 heavy (non-hydrogen) atoms. The smallest absolute Gasteiger partial charge is 0.243 e. The second-order valence-electron chi connectivity index (χ2n) is 11.3. The third-order valence-corrected chi connectivity index (χ3v) is 7.17. The Morgan fingerprint density at radius 1 is 0.531 bits per heavy atom. The van der Waals surface area contributed by atoms with Crippen molar-refractivity contribution >= 4 is 35.4 Å². The van der Waals surface area contributed by atoms with Crippen molar-refractivity contribution in [3.8, 4) is 0 Å². The Morgan fingerprint density at radius 3 is 1.20 bits per heavy atom. The molecule has 6 atom stereocenters. The molecule has 12 N–H and O–H groups in total. The van der Waals surface area contributed by atoms with Gasteiger partial charge >= 0.3 is 0 Å². The predicted octanol–water partition coefficient (Wildman–Crippen LogP) is -4.77. The first-order valence-corrected chi connectivity index (χ1v) is 15.6. The van der Waals surface area contributed by atoms with Crippen molar-refractivity contribution < 1.29 is 76.8 Å². The summed E-state index contributed by atoms with van der Waals surface area (Å²) in [6, 6.07) is -3.95. The third-order valence-electron chi connectivity index (χ3n) is 7.17. The summed E-state index contributed by atoms with van der Waals surface area (Å²) in [4.78, 5) is 77.2. The van der Waals surface area contributed by atoms with E-state index in [4.69, 9.17) is 0 Å². The Hall–Kier alpha value is -3.02. The van der Waals surface area contributed by atoms with Gasteiger partial charge in [-0.25, -0.2) is 0 Å². The van der Waals surface area contributed by atoms with Gasteiger partial charge in [0, 0.05) is 36.7 Å². The van der Waals surface area contributed by atoms with Gasteiger partial charge in [0.2, 0.25) is 35.4 Å². The van der Waals surface area contributed by atoms with Crippen molar-refractivity contribution in [2.24, 2.45) is 0 Å². The van der Waals surface area contributed by atoms with Crippen LogP contribution in [0.4, 0.5) is 0 Å². The van der Waals surface area contributed by atoms with Gasteiger partial charge in [0.1, 0.15) is 36.8 Å². The summed E-state index contributed by atoms with van der Waals surface area (Å²) >= 11 is 0. The van der Waals surface area contributed by atoms with E-state index in [1.165, 1.54) is 20.8 Å². The number of hydrogen-bond acceptors (Lipinski definition) is 15. The number of aliphatic hydroxyl groups is 3. The van der Waals surface area contributed by atoms with Crippen molar-refractivity contribution in [3.63, 3.8) is 0 Å². The fourth-order valence-corrected chi connectivity index (χ4v) is 4.30. The average Bonchev–Trinajstić information content (AvgIpc) is 3.02. The van der Waals surface area contributed by atoms with E-state index in [0.29, 0.717) is 15.2 Å². The molecule has 0 aromatic carbocycles. The second-order valence-corrected chi connectivity index (χ2v) is 11.3. The molecule has 0 bridgehead atoms. The zero-order valence-electron chi connectivity index (χ0n) is 27.8. The monoisotopic (exact) mass is 749 g/mol. The molecule has 21 nitrogen and oxygen atoms in total. The van der Waals surface area contributed by atoms with Gasteiger partial charge in [-0.15, -0.1) is 0 Å². The standard InChI is InChI=1S/C27H51N9O12.Fe/c1-16(37)34(46)10-4-7-19-25(43)30-14-23(41)28-13-22(40)29-15-24(42)31-20(8-5-11-35(47)17(2)38)26(44)33-21(27(45)32-19)9-6-12-36(48)18(3)39;/h16-21,37-39,46-48H,4-15H2,1-3H3,(H,28,41)(H,29,40)(H,30,43)(H,31,42)(H,32,45)(H,33,44);/t16-,17-,18+,19?,20?,21?;/m0./s1. The van der Waals surface area contributed by atoms with E-state index < -0.39 is 91.9 Å². The van der Waals surface area contributed by atoms with Gasteiger partial charge in [-0.3, -0.25) is 28.8 Å². The van der Waals surface area contributed by atoms with Crippen LogP contribution in [-0.2, 0) is 45.8 Å². The zero-order chi connectivity index (χ0) is 36.4. The minimum atomic E-state index is -1.35. The summed E-state index contributed by atoms with van der Waals surface area (Å²) in [5, 5.41) is 74.3. The Balaban J connectivity index is 0.0000230. The Morgan fingerprint density at radius 2 is 0.837 bits per heavy atom. The molecule has 1 aliphatic rings. The molecule has 0 aromatic heterocycles. The maximum atomic E-state index is 13.6. The molecule has 1 fully saturated rings. The summed E-state index contributed by atoms with van der Waals surface area (Å²) in [5.74, 6) is -4.77. The molecule has 0 aliphatic carbocycles. The van der Waals surface area contributed by atoms with Crippen molar-refractivity contribution in [1.29, 1.82) is 0 Å². The molecule has 0 radical (unpaired) electrons. The van der Waals surface area contributed by atoms with Gasteiger partial charge in [-0.05, 0) is 59.3 Å². The number of carbonyl (C=O) groups excluding carboxylic acids is 6. The number of carbonyl (C=O) groups is 6. The van der Waals surface area contributed by atoms with Gasteiger partial charge in [0.05, 0.1) is 19.6 Å². The van der Waals surface area contributed by atoms with Crippen molar-refractivity contribution in [2.45, 2.75) is 96.1 Å². The fraction of sp³-hybridized carbons (Fsp3) is 0.778. The first-order valence-electron chi connectivity index (χ1n) is 15.6. The predicted molar refractivity (Wildman–Crippen MR) is 163 cm³/mol. The van der Waals surface area contributed by atoms with Crippen LogP contribution in [0.25, 0.3) is 0 Å². The summed E-state index contributed by atoms with van der Waals surface area (Å²) in [7, 11) is 0. The van der Waals surface area contributed by atoms with Crippen LogP contribution >= 0.6 is 0 Å². The molecule has 3 unspecified atom stereocenters. The first kappa shape index (κ1) is 46.0. The molecule has 0 aromatic rings. The summed E-state index contributed by atoms with van der Waals surface area (Å²) in [5.41, 5.74) is 0. The number of aliphatic hydroxyl groups excluding tert-OH is 3. The molecule has 1 heterocycles. The van der Waals surface area contributed by atoms with Crippen molar-refractivity contribution in [3.05, 3.63) is 0 Å². The van der Waals surface area contributed by atoms with Gasteiger partial charge < -0.3 is 62.8 Å². The third kappa shape index (κ3) is 19.1. The second kappa shape index (κ2) is 24.2. The topological polar surface area (TPSA) is 306 Å². The molecule has 0 spiro atoms. The molecule has 1 aliphatic heterocycles. The normalized spacial score (nSPS) is 22.4. The van der Waals surface area contributed by atoms with E-state index in [1.807, 2.05) is 0 Å². The molecular weight excluding hydrogens is 698 g/mol. The summed E-state index contributed by atoms with van der Waals surface area (Å²) < 4.78 is 0. The van der Waals surface area contributed by atoms with E-state index in [9.17, 15) is 59.7 Å². The zero-order valence-corrected chi connectivity index (χ0v) is 28.9. The van der Waals surface area contributed by atoms with Gasteiger partial charge in [-0.2, -0.15) is 15.2 Å². The van der Waals surface area contributed by atoms with Crippen LogP contribution in [0, 0.1) is 0 Å². The number of hydrogen-bond donors (Lipinski definition) is 12. The number of nitrogens with zero attached hydrogens (tertiary/aromatic N) is 3. The SMILES string of the molecule is C[C@H](O)N(O)CCCC1NC(=O)CNC(=O)CNC(=O)CNC(=O)C(CCCN(O)[C@H](C)O)NC(=O)C(CCCN(O)[C@@H](C)O)NC1=O.[Fe]. The maximum absolute atomic E-state index is 13.6. The van der Waals surface area contributed by atoms with Crippen LogP contribution < -0.4 is 31.9 Å². The van der Waals surface area contributed by atoms with Crippen molar-refractivity contribution in [1.82, 2.24) is 47.1 Å². The number of amides is 6. The molecule has 284 valence electrons. The average molecular weight is 750 g/mol. The van der Waals surface area contributed by atoms with Crippen LogP contribution in [0.2, 0.25) is 0 Å². The molecule has 22 heteroatoms. The van der Waals surface area contributed by atoms with Crippen LogP contribution in [0.15, 0.2) is 0 Å². The summed E-state index contributed by atoms with van der Waals surface area (Å²) in [6.07, 6.45) is -3.73. The Labute approximate surface area is 294 Å². The first-order chi connectivity index (χ1) is 22.5. The minimum Gasteiger partial charge on any atom is -0.377 e. The molecule has 6 amide bonds. The molecule has 1 saturated heterocycles. The van der Waals surface area contributed by atoms with Crippen LogP contribution in [0.1, 0.15) is 59.3 Å². The maximum Gasteiger partial charge on any atom is 0.243 e. The van der Waals surface area contributed by atoms with E-state index in [2.05, 4.69) is 31.9 Å². The summed E-state index contributed by atoms with van der Waals surface area (Å²) in [6.45, 7) is 1.93. The molecule has 1 rings (SSSR count). The van der Waals surface area contributed by atoms with Crippen LogP contribution in [0.3, 0.4) is 0 Å². The Kier molecular flexibility index (Phi) is 22.7. The Bertz CT molecular complexity index is 1050. The number of nitrogens with one attached hydrogen (secondary N) is 6. The largest absolute Gasteiger partial charge is 0.377 e. The molecule has 0 saturated carbocycles.